The molecule has 2 aromatic rings. The largest absolute Gasteiger partial charge is 0.370 e. The molecule has 2 aromatic carbocycles. The summed E-state index contributed by atoms with van der Waals surface area (Å²) in [5.41, 5.74) is 6.61. The Balaban J connectivity index is 2.22. The molecule has 0 spiro atoms. The number of anilines is 1. The number of nitrogens with zero attached hydrogens (tertiary/aromatic N) is 1. The van der Waals surface area contributed by atoms with E-state index in [0.29, 0.717) is 0 Å². The molecule has 0 aliphatic carbocycles. The van der Waals surface area contributed by atoms with Gasteiger partial charge in [0.25, 0.3) is 0 Å². The van der Waals surface area contributed by atoms with E-state index in [2.05, 4.69) is 84.2 Å². The molecule has 2 rings (SSSR count). The first-order valence-corrected chi connectivity index (χ1v) is 7.64. The number of halogens is 1. The van der Waals surface area contributed by atoms with Gasteiger partial charge >= 0.3 is 0 Å². The summed E-state index contributed by atoms with van der Waals surface area (Å²) >= 11 is 3.58. The summed E-state index contributed by atoms with van der Waals surface area (Å²) in [6.07, 6.45) is 0. The molecule has 0 saturated carbocycles. The third-order valence-electron chi connectivity index (χ3n) is 3.29. The van der Waals surface area contributed by atoms with E-state index >= 15 is 0 Å². The van der Waals surface area contributed by atoms with E-state index in [9.17, 15) is 0 Å². The highest BCUT2D eigenvalue weighted by atomic mass is 79.9. The first kappa shape index (κ1) is 14.1. The molecule has 0 aliphatic rings. The minimum Gasteiger partial charge on any atom is -0.370 e. The lowest BCUT2D eigenvalue weighted by molar-refractivity contribution is 0.914. The zero-order valence-electron chi connectivity index (χ0n) is 11.8. The molecule has 19 heavy (non-hydrogen) atoms. The predicted molar refractivity (Wildman–Crippen MR) is 87.1 cm³/mol. The van der Waals surface area contributed by atoms with Crippen LogP contribution in [0.1, 0.15) is 22.3 Å². The van der Waals surface area contributed by atoms with Gasteiger partial charge in [0, 0.05) is 24.6 Å². The molecular weight excluding hydrogens is 298 g/mol. The van der Waals surface area contributed by atoms with Crippen LogP contribution in [-0.4, -0.2) is 7.05 Å². The van der Waals surface area contributed by atoms with Gasteiger partial charge in [0.05, 0.1) is 0 Å². The predicted octanol–water partition coefficient (Wildman–Crippen LogP) is 4.83. The van der Waals surface area contributed by atoms with Crippen molar-refractivity contribution in [2.24, 2.45) is 0 Å². The Labute approximate surface area is 124 Å². The molecule has 0 unspecified atom stereocenters. The lowest BCUT2D eigenvalue weighted by Gasteiger charge is -2.22. The van der Waals surface area contributed by atoms with Crippen LogP contribution < -0.4 is 4.90 Å². The van der Waals surface area contributed by atoms with E-state index in [1.165, 1.54) is 27.9 Å². The third kappa shape index (κ3) is 3.60. The molecule has 2 heteroatoms. The highest BCUT2D eigenvalue weighted by Gasteiger charge is 2.07. The monoisotopic (exact) mass is 317 g/mol. The number of hydrogen-bond acceptors (Lipinski definition) is 1. The van der Waals surface area contributed by atoms with Crippen molar-refractivity contribution in [3.8, 4) is 0 Å². The fraction of sp³-hybridized carbons (Fsp3) is 0.294. The van der Waals surface area contributed by atoms with E-state index in [0.717, 1.165) is 11.9 Å². The van der Waals surface area contributed by atoms with Crippen LogP contribution >= 0.6 is 15.9 Å². The lowest BCUT2D eigenvalue weighted by atomic mass is 10.1. The first-order chi connectivity index (χ1) is 9.10. The zero-order valence-corrected chi connectivity index (χ0v) is 13.4. The van der Waals surface area contributed by atoms with Crippen LogP contribution in [0.2, 0.25) is 0 Å². The summed E-state index contributed by atoms with van der Waals surface area (Å²) in [5, 5.41) is 0.891. The average molecular weight is 318 g/mol. The highest BCUT2D eigenvalue weighted by molar-refractivity contribution is 9.08. The number of hydrogen-bond donors (Lipinski definition) is 0. The smallest absolute Gasteiger partial charge is 0.0426 e. The topological polar surface area (TPSA) is 3.24 Å². The Hall–Kier alpha value is -1.28. The van der Waals surface area contributed by atoms with Gasteiger partial charge in [-0.15, -0.1) is 0 Å². The van der Waals surface area contributed by atoms with E-state index in [1.54, 1.807) is 0 Å². The summed E-state index contributed by atoms with van der Waals surface area (Å²) in [4.78, 5) is 2.31. The second-order valence-corrected chi connectivity index (χ2v) is 5.67. The normalized spacial score (nSPS) is 10.5. The molecule has 1 nitrogen and oxygen atoms in total. The maximum absolute atomic E-state index is 3.58. The number of rotatable bonds is 4. The van der Waals surface area contributed by atoms with Crippen molar-refractivity contribution < 1.29 is 0 Å². The Morgan fingerprint density at radius 2 is 1.74 bits per heavy atom. The van der Waals surface area contributed by atoms with E-state index in [-0.39, 0.29) is 0 Å². The molecule has 0 fully saturated rings. The fourth-order valence-electron chi connectivity index (χ4n) is 2.36. The van der Waals surface area contributed by atoms with Crippen molar-refractivity contribution in [2.45, 2.75) is 25.7 Å². The van der Waals surface area contributed by atoms with Crippen molar-refractivity contribution in [1.29, 1.82) is 0 Å². The maximum Gasteiger partial charge on any atom is 0.0426 e. The van der Waals surface area contributed by atoms with Crippen LogP contribution in [0.15, 0.2) is 42.5 Å². The van der Waals surface area contributed by atoms with Gasteiger partial charge in [0.15, 0.2) is 0 Å². The van der Waals surface area contributed by atoms with E-state index in [1.807, 2.05) is 0 Å². The van der Waals surface area contributed by atoms with Gasteiger partial charge < -0.3 is 4.90 Å². The second-order valence-electron chi connectivity index (χ2n) is 5.11. The summed E-state index contributed by atoms with van der Waals surface area (Å²) in [5.74, 6) is 0. The van der Waals surface area contributed by atoms with E-state index in [4.69, 9.17) is 0 Å². The molecule has 0 saturated heterocycles. The number of benzene rings is 2. The Kier molecular flexibility index (Phi) is 4.65. The molecule has 0 bridgehead atoms. The van der Waals surface area contributed by atoms with Crippen molar-refractivity contribution in [3.63, 3.8) is 0 Å². The number of alkyl halides is 1. The van der Waals surface area contributed by atoms with Gasteiger partial charge in [0.1, 0.15) is 0 Å². The zero-order chi connectivity index (χ0) is 13.8. The summed E-state index contributed by atoms with van der Waals surface area (Å²) < 4.78 is 0. The number of aryl methyl sites for hydroxylation is 2. The fourth-order valence-corrected chi connectivity index (χ4v) is 2.81. The molecule has 0 amide bonds. The Morgan fingerprint density at radius 3 is 2.42 bits per heavy atom. The third-order valence-corrected chi connectivity index (χ3v) is 3.90. The van der Waals surface area contributed by atoms with Crippen LogP contribution in [0.4, 0.5) is 5.69 Å². The van der Waals surface area contributed by atoms with Crippen LogP contribution in [-0.2, 0) is 11.9 Å². The molecular formula is C17H20BrN. The SMILES string of the molecule is Cc1cccc(CN(C)c2ccc(C)cc2CBr)c1. The van der Waals surface area contributed by atoms with Gasteiger partial charge in [-0.2, -0.15) is 0 Å². The molecule has 0 aliphatic heterocycles. The van der Waals surface area contributed by atoms with Gasteiger partial charge in [0.2, 0.25) is 0 Å². The summed E-state index contributed by atoms with van der Waals surface area (Å²) in [6.45, 7) is 5.21. The van der Waals surface area contributed by atoms with E-state index < -0.39 is 0 Å². The van der Waals surface area contributed by atoms with Crippen LogP contribution in [0.3, 0.4) is 0 Å². The quantitative estimate of drug-likeness (QED) is 0.730. The van der Waals surface area contributed by atoms with Crippen molar-refractivity contribution in [2.75, 3.05) is 11.9 Å². The Morgan fingerprint density at radius 1 is 1.00 bits per heavy atom. The average Bonchev–Trinajstić information content (AvgIpc) is 2.38. The van der Waals surface area contributed by atoms with Crippen molar-refractivity contribution in [1.82, 2.24) is 0 Å². The lowest BCUT2D eigenvalue weighted by Crippen LogP contribution is -2.17. The molecule has 0 aromatic heterocycles. The minimum atomic E-state index is 0.891. The molecule has 0 radical (unpaired) electrons. The standard InChI is InChI=1S/C17H20BrN/c1-13-5-4-6-15(9-13)12-19(3)17-8-7-14(2)10-16(17)11-18/h4-10H,11-12H2,1-3H3. The van der Waals surface area contributed by atoms with Crippen LogP contribution in [0, 0.1) is 13.8 Å². The highest BCUT2D eigenvalue weighted by Crippen LogP contribution is 2.24. The molecule has 0 atom stereocenters. The Bertz CT molecular complexity index is 563. The van der Waals surface area contributed by atoms with Gasteiger partial charge in [-0.05, 0) is 31.0 Å². The van der Waals surface area contributed by atoms with Crippen LogP contribution in [0.25, 0.3) is 0 Å². The first-order valence-electron chi connectivity index (χ1n) is 6.52. The molecule has 0 heterocycles. The molecule has 0 N–H and O–H groups in total. The van der Waals surface area contributed by atoms with Crippen LogP contribution in [0.5, 0.6) is 0 Å². The van der Waals surface area contributed by atoms with Crippen molar-refractivity contribution >= 4 is 21.6 Å². The summed E-state index contributed by atoms with van der Waals surface area (Å²) in [7, 11) is 2.15. The van der Waals surface area contributed by atoms with Gasteiger partial charge in [-0.25, -0.2) is 0 Å². The van der Waals surface area contributed by atoms with Crippen molar-refractivity contribution in [3.05, 3.63) is 64.7 Å². The van der Waals surface area contributed by atoms with Gasteiger partial charge in [-0.1, -0.05) is 63.5 Å². The molecule has 100 valence electrons. The van der Waals surface area contributed by atoms with Gasteiger partial charge in [-0.3, -0.25) is 0 Å². The second kappa shape index (κ2) is 6.25. The summed E-state index contributed by atoms with van der Waals surface area (Å²) in [6, 6.07) is 15.3. The maximum atomic E-state index is 3.58. The minimum absolute atomic E-state index is 0.891.